The number of carboxylic acid groups (broad SMARTS) is 1. The highest BCUT2D eigenvalue weighted by Gasteiger charge is 2.31. The summed E-state index contributed by atoms with van der Waals surface area (Å²) >= 11 is 6.62. The number of nitrogens with zero attached hydrogens (tertiary/aromatic N) is 3. The van der Waals surface area contributed by atoms with Gasteiger partial charge in [-0.25, -0.2) is 14.8 Å². The molecule has 4 N–H and O–H groups in total. The van der Waals surface area contributed by atoms with E-state index in [2.05, 4.69) is 25.9 Å². The summed E-state index contributed by atoms with van der Waals surface area (Å²) in [5.74, 6) is -1.22. The molecule has 11 heteroatoms. The number of rotatable bonds is 6. The third-order valence-corrected chi connectivity index (χ3v) is 6.62. The largest absolute Gasteiger partial charge is 0.478 e. The summed E-state index contributed by atoms with van der Waals surface area (Å²) in [5.41, 5.74) is 4.82. The van der Waals surface area contributed by atoms with Crippen LogP contribution in [0.2, 0.25) is 5.02 Å². The lowest BCUT2D eigenvalue weighted by molar-refractivity contribution is -0.113. The van der Waals surface area contributed by atoms with E-state index in [1.807, 2.05) is 44.2 Å². The number of oxazole rings is 1. The Bertz CT molecular complexity index is 1680. The molecule has 0 fully saturated rings. The fourth-order valence-corrected chi connectivity index (χ4v) is 4.71. The number of para-hydroxylation sites is 1. The SMILES string of the molecule is CCc1cccc2nc(NC3=NC(c4ccc(C)cc4Cl)C(C(=O)Nc4cc(C(=O)O)ccn4)=C(C)N3)oc12. The molecule has 5 rings (SSSR count). The second-order valence-corrected chi connectivity index (χ2v) is 9.43. The van der Waals surface area contributed by atoms with E-state index in [-0.39, 0.29) is 17.4 Å². The number of amides is 1. The fourth-order valence-electron chi connectivity index (χ4n) is 4.37. The first-order valence-electron chi connectivity index (χ1n) is 12.2. The van der Waals surface area contributed by atoms with Crippen molar-refractivity contribution in [3.8, 4) is 0 Å². The molecule has 1 unspecified atom stereocenters. The smallest absolute Gasteiger partial charge is 0.335 e. The molecule has 1 aliphatic rings. The molecule has 0 radical (unpaired) electrons. The van der Waals surface area contributed by atoms with Crippen molar-refractivity contribution in [3.63, 3.8) is 0 Å². The summed E-state index contributed by atoms with van der Waals surface area (Å²) in [6.45, 7) is 5.70. The van der Waals surface area contributed by atoms with Crippen LogP contribution in [0.5, 0.6) is 0 Å². The number of hydrogen-bond donors (Lipinski definition) is 4. The molecule has 0 spiro atoms. The van der Waals surface area contributed by atoms with Gasteiger partial charge in [-0.2, -0.15) is 4.98 Å². The molecule has 10 nitrogen and oxygen atoms in total. The molecule has 4 aromatic rings. The predicted molar refractivity (Wildman–Crippen MR) is 149 cm³/mol. The number of anilines is 2. The number of aromatic carboxylic acids is 1. The van der Waals surface area contributed by atoms with Crippen LogP contribution in [-0.4, -0.2) is 32.9 Å². The Hall–Kier alpha value is -4.70. The Labute approximate surface area is 228 Å². The molecule has 3 heterocycles. The van der Waals surface area contributed by atoms with E-state index in [1.165, 1.54) is 18.3 Å². The Morgan fingerprint density at radius 1 is 1.15 bits per heavy atom. The number of allylic oxidation sites excluding steroid dienone is 1. The van der Waals surface area contributed by atoms with Crippen LogP contribution in [0, 0.1) is 6.92 Å². The maximum Gasteiger partial charge on any atom is 0.335 e. The van der Waals surface area contributed by atoms with Crippen molar-refractivity contribution in [2.24, 2.45) is 4.99 Å². The number of carboxylic acids is 1. The van der Waals surface area contributed by atoms with Gasteiger partial charge in [-0.05, 0) is 55.7 Å². The van der Waals surface area contributed by atoms with Gasteiger partial charge in [0.05, 0.1) is 11.1 Å². The molecule has 2 aromatic carbocycles. The van der Waals surface area contributed by atoms with Crippen molar-refractivity contribution < 1.29 is 19.1 Å². The molecule has 0 bridgehead atoms. The number of aliphatic imine (C=N–C) groups is 1. The van der Waals surface area contributed by atoms with Gasteiger partial charge in [0.15, 0.2) is 5.58 Å². The average Bonchev–Trinajstić information content (AvgIpc) is 3.31. The topological polar surface area (TPSA) is 142 Å². The number of fused-ring (bicyclic) bond motifs is 1. The highest BCUT2D eigenvalue weighted by Crippen LogP contribution is 2.36. The van der Waals surface area contributed by atoms with Crippen molar-refractivity contribution in [2.75, 3.05) is 10.6 Å². The molecular formula is C28H25ClN6O4. The highest BCUT2D eigenvalue weighted by atomic mass is 35.5. The number of carbonyl (C=O) groups is 2. The summed E-state index contributed by atoms with van der Waals surface area (Å²) in [5, 5.41) is 18.6. The van der Waals surface area contributed by atoms with Gasteiger partial charge < -0.3 is 20.2 Å². The molecule has 0 aliphatic carbocycles. The maximum atomic E-state index is 13.5. The molecule has 1 amide bonds. The van der Waals surface area contributed by atoms with Gasteiger partial charge in [0.2, 0.25) is 5.96 Å². The van der Waals surface area contributed by atoms with E-state index in [1.54, 1.807) is 13.0 Å². The van der Waals surface area contributed by atoms with E-state index in [0.29, 0.717) is 33.4 Å². The number of guanidine groups is 1. The van der Waals surface area contributed by atoms with Crippen molar-refractivity contribution in [2.45, 2.75) is 33.2 Å². The first-order chi connectivity index (χ1) is 18.7. The van der Waals surface area contributed by atoms with Crippen molar-refractivity contribution >= 4 is 52.4 Å². The summed E-state index contributed by atoms with van der Waals surface area (Å²) in [4.78, 5) is 38.2. The van der Waals surface area contributed by atoms with Gasteiger partial charge >= 0.3 is 12.0 Å². The lowest BCUT2D eigenvalue weighted by Gasteiger charge is -2.27. The van der Waals surface area contributed by atoms with Gasteiger partial charge in [-0.1, -0.05) is 42.8 Å². The van der Waals surface area contributed by atoms with Gasteiger partial charge in [-0.3, -0.25) is 10.1 Å². The predicted octanol–water partition coefficient (Wildman–Crippen LogP) is 5.47. The number of carbonyl (C=O) groups excluding carboxylic acids is 1. The number of halogens is 1. The number of nitrogens with one attached hydrogen (secondary N) is 3. The quantitative estimate of drug-likeness (QED) is 0.250. The van der Waals surface area contributed by atoms with E-state index in [9.17, 15) is 14.7 Å². The lowest BCUT2D eigenvalue weighted by atomic mass is 9.95. The van der Waals surface area contributed by atoms with Crippen LogP contribution >= 0.6 is 11.6 Å². The summed E-state index contributed by atoms with van der Waals surface area (Å²) < 4.78 is 5.97. The zero-order valence-electron chi connectivity index (χ0n) is 21.4. The first-order valence-corrected chi connectivity index (χ1v) is 12.6. The molecule has 1 aliphatic heterocycles. The second-order valence-electron chi connectivity index (χ2n) is 9.02. The number of hydrogen-bond acceptors (Lipinski definition) is 8. The molecule has 2 aromatic heterocycles. The molecule has 1 atom stereocenters. The van der Waals surface area contributed by atoms with Gasteiger partial charge in [0.25, 0.3) is 5.91 Å². The Morgan fingerprint density at radius 3 is 2.72 bits per heavy atom. The van der Waals surface area contributed by atoms with Gasteiger partial charge in [-0.15, -0.1) is 0 Å². The fraction of sp³-hybridized carbons (Fsp3) is 0.179. The van der Waals surface area contributed by atoms with E-state index < -0.39 is 17.9 Å². The summed E-state index contributed by atoms with van der Waals surface area (Å²) in [6.07, 6.45) is 2.11. The van der Waals surface area contributed by atoms with Crippen LogP contribution in [0.25, 0.3) is 11.1 Å². The molecule has 39 heavy (non-hydrogen) atoms. The maximum absolute atomic E-state index is 13.5. The third kappa shape index (κ3) is 5.32. The monoisotopic (exact) mass is 544 g/mol. The van der Waals surface area contributed by atoms with Crippen LogP contribution in [-0.2, 0) is 11.2 Å². The summed E-state index contributed by atoms with van der Waals surface area (Å²) in [7, 11) is 0. The summed E-state index contributed by atoms with van der Waals surface area (Å²) in [6, 6.07) is 13.4. The van der Waals surface area contributed by atoms with E-state index in [0.717, 1.165) is 23.1 Å². The van der Waals surface area contributed by atoms with Crippen LogP contribution in [0.3, 0.4) is 0 Å². The molecular weight excluding hydrogens is 520 g/mol. The van der Waals surface area contributed by atoms with Crippen LogP contribution in [0.15, 0.2) is 75.4 Å². The molecule has 0 saturated carbocycles. The Balaban J connectivity index is 1.50. The van der Waals surface area contributed by atoms with Crippen LogP contribution < -0.4 is 16.0 Å². The van der Waals surface area contributed by atoms with Crippen LogP contribution in [0.4, 0.5) is 11.8 Å². The van der Waals surface area contributed by atoms with Crippen LogP contribution in [0.1, 0.15) is 46.9 Å². The van der Waals surface area contributed by atoms with Crippen molar-refractivity contribution in [1.29, 1.82) is 0 Å². The average molecular weight is 545 g/mol. The standard InChI is InChI=1S/C28H25ClN6O4/c1-4-16-6-5-7-20-24(16)39-28(32-20)35-27-31-15(3)22(23(34-27)18-9-8-14(2)12-19(18)29)25(36)33-21-13-17(26(37)38)10-11-30-21/h5-13,23H,4H2,1-3H3,(H,37,38)(H,30,33,36)(H2,31,32,34,35). The molecule has 198 valence electrons. The first kappa shape index (κ1) is 25.9. The Kier molecular flexibility index (Phi) is 7.03. The van der Waals surface area contributed by atoms with E-state index in [4.69, 9.17) is 21.0 Å². The lowest BCUT2D eigenvalue weighted by Crippen LogP contribution is -2.37. The van der Waals surface area contributed by atoms with E-state index >= 15 is 0 Å². The number of pyridine rings is 1. The number of aromatic nitrogens is 2. The van der Waals surface area contributed by atoms with Gasteiger partial charge in [0.1, 0.15) is 17.4 Å². The number of benzene rings is 2. The third-order valence-electron chi connectivity index (χ3n) is 6.29. The minimum Gasteiger partial charge on any atom is -0.478 e. The van der Waals surface area contributed by atoms with Crippen molar-refractivity contribution in [1.82, 2.24) is 15.3 Å². The molecule has 0 saturated heterocycles. The second kappa shape index (κ2) is 10.6. The highest BCUT2D eigenvalue weighted by molar-refractivity contribution is 6.31. The Morgan fingerprint density at radius 2 is 1.97 bits per heavy atom. The van der Waals surface area contributed by atoms with Gasteiger partial charge in [0, 0.05) is 22.5 Å². The van der Waals surface area contributed by atoms with Crippen molar-refractivity contribution in [3.05, 3.63) is 93.3 Å². The number of aryl methyl sites for hydroxylation is 2. The zero-order valence-corrected chi connectivity index (χ0v) is 22.1. The minimum atomic E-state index is -1.13. The minimum absolute atomic E-state index is 0.0000259. The zero-order chi connectivity index (χ0) is 27.7. The normalized spacial score (nSPS) is 15.1.